The first-order valence-corrected chi connectivity index (χ1v) is 10.6. The highest BCUT2D eigenvalue weighted by atomic mass is 16.5. The smallest absolute Gasteiger partial charge is 0.143 e. The number of rotatable bonds is 4. The standard InChI is InChI=1S/C25H27N5O/c1-18-22(26)14-20(17-28(18)2)25-27-23-9-8-21(29-10-12-31-13-11-29)15-24(23)30(25)16-19-6-4-3-5-7-19/h3-9,14-15,17H,1,10-13,16,26H2,2H3. The van der Waals surface area contributed by atoms with E-state index in [0.717, 1.165) is 61.0 Å². The molecule has 1 aromatic heterocycles. The van der Waals surface area contributed by atoms with Crippen molar-refractivity contribution in [3.8, 4) is 0 Å². The average molecular weight is 414 g/mol. The van der Waals surface area contributed by atoms with E-state index in [1.807, 2.05) is 30.3 Å². The van der Waals surface area contributed by atoms with Crippen LogP contribution in [0.15, 0.2) is 78.8 Å². The van der Waals surface area contributed by atoms with Crippen molar-refractivity contribution in [1.82, 2.24) is 14.5 Å². The van der Waals surface area contributed by atoms with Crippen molar-refractivity contribution in [2.45, 2.75) is 6.54 Å². The van der Waals surface area contributed by atoms with Gasteiger partial charge in [-0.2, -0.15) is 0 Å². The third-order valence-corrected chi connectivity index (χ3v) is 5.95. The molecule has 2 aliphatic heterocycles. The number of aromatic nitrogens is 2. The molecular formula is C25H27N5O. The van der Waals surface area contributed by atoms with Crippen LogP contribution in [0.25, 0.3) is 16.6 Å². The fourth-order valence-electron chi connectivity index (χ4n) is 4.18. The van der Waals surface area contributed by atoms with E-state index in [-0.39, 0.29) is 0 Å². The minimum Gasteiger partial charge on any atom is -0.397 e. The van der Waals surface area contributed by atoms with Gasteiger partial charge in [0.25, 0.3) is 0 Å². The van der Waals surface area contributed by atoms with Gasteiger partial charge in [0.1, 0.15) is 5.82 Å². The summed E-state index contributed by atoms with van der Waals surface area (Å²) in [4.78, 5) is 9.34. The van der Waals surface area contributed by atoms with Gasteiger partial charge in [-0.05, 0) is 29.8 Å². The second kappa shape index (κ2) is 7.96. The Hall–Kier alpha value is -3.51. The van der Waals surface area contributed by atoms with Crippen molar-refractivity contribution < 1.29 is 4.74 Å². The Kier molecular flexibility index (Phi) is 5.00. The van der Waals surface area contributed by atoms with E-state index >= 15 is 0 Å². The van der Waals surface area contributed by atoms with Crippen LogP contribution in [0.3, 0.4) is 0 Å². The van der Waals surface area contributed by atoms with Crippen molar-refractivity contribution in [2.75, 3.05) is 38.3 Å². The third-order valence-electron chi connectivity index (χ3n) is 5.95. The average Bonchev–Trinajstić information content (AvgIpc) is 3.16. The minimum absolute atomic E-state index is 0.660. The summed E-state index contributed by atoms with van der Waals surface area (Å²) in [6.07, 6.45) is 4.01. The third kappa shape index (κ3) is 3.70. The van der Waals surface area contributed by atoms with Crippen molar-refractivity contribution in [1.29, 1.82) is 0 Å². The fourth-order valence-corrected chi connectivity index (χ4v) is 4.18. The Bertz CT molecular complexity index is 1190. The van der Waals surface area contributed by atoms with Gasteiger partial charge in [-0.3, -0.25) is 0 Å². The lowest BCUT2D eigenvalue weighted by Crippen LogP contribution is -2.36. The molecule has 0 amide bonds. The summed E-state index contributed by atoms with van der Waals surface area (Å²) in [6, 6.07) is 17.0. The summed E-state index contributed by atoms with van der Waals surface area (Å²) in [5, 5.41) is 0. The fraction of sp³-hybridized carbons (Fsp3) is 0.240. The first kappa shape index (κ1) is 19.5. The topological polar surface area (TPSA) is 59.5 Å². The van der Waals surface area contributed by atoms with Crippen molar-refractivity contribution in [3.05, 3.63) is 90.2 Å². The van der Waals surface area contributed by atoms with Gasteiger partial charge < -0.3 is 24.8 Å². The molecular weight excluding hydrogens is 386 g/mol. The molecule has 0 radical (unpaired) electrons. The minimum atomic E-state index is 0.660. The van der Waals surface area contributed by atoms with E-state index in [9.17, 15) is 0 Å². The summed E-state index contributed by atoms with van der Waals surface area (Å²) in [5.74, 6) is 0.903. The number of imidazole rings is 1. The Balaban J connectivity index is 1.64. The number of hydrogen-bond acceptors (Lipinski definition) is 5. The first-order valence-electron chi connectivity index (χ1n) is 10.6. The molecule has 0 unspecified atom stereocenters. The number of fused-ring (bicyclic) bond motifs is 1. The Morgan fingerprint density at radius 3 is 2.61 bits per heavy atom. The molecule has 0 saturated carbocycles. The van der Waals surface area contributed by atoms with Gasteiger partial charge in [-0.25, -0.2) is 4.98 Å². The van der Waals surface area contributed by atoms with Gasteiger partial charge in [0.05, 0.1) is 35.6 Å². The van der Waals surface area contributed by atoms with E-state index in [1.165, 1.54) is 11.3 Å². The number of anilines is 1. The molecule has 0 aliphatic carbocycles. The first-order chi connectivity index (χ1) is 15.1. The highest BCUT2D eigenvalue weighted by Crippen LogP contribution is 2.31. The van der Waals surface area contributed by atoms with E-state index in [1.54, 1.807) is 0 Å². The van der Waals surface area contributed by atoms with Crippen LogP contribution in [0.5, 0.6) is 0 Å². The van der Waals surface area contributed by atoms with Gasteiger partial charge in [-0.1, -0.05) is 36.9 Å². The SMILES string of the molecule is C=C1C(N)=CC(c2nc3ccc(N4CCOCC4)cc3n2Cc2ccccc2)=CN1C. The highest BCUT2D eigenvalue weighted by molar-refractivity contribution is 5.85. The molecule has 6 nitrogen and oxygen atoms in total. The quantitative estimate of drug-likeness (QED) is 0.709. The van der Waals surface area contributed by atoms with E-state index in [4.69, 9.17) is 15.5 Å². The van der Waals surface area contributed by atoms with Crippen LogP contribution in [0.1, 0.15) is 11.4 Å². The number of nitrogens with two attached hydrogens (primary N) is 1. The molecule has 6 heteroatoms. The molecule has 31 heavy (non-hydrogen) atoms. The van der Waals surface area contributed by atoms with E-state index in [2.05, 4.69) is 58.5 Å². The van der Waals surface area contributed by atoms with Crippen molar-refractivity contribution in [3.63, 3.8) is 0 Å². The maximum atomic E-state index is 6.24. The zero-order valence-electron chi connectivity index (χ0n) is 17.8. The lowest BCUT2D eigenvalue weighted by Gasteiger charge is -2.29. The molecule has 5 rings (SSSR count). The molecule has 1 fully saturated rings. The summed E-state index contributed by atoms with van der Waals surface area (Å²) in [5.41, 5.74) is 13.2. The summed E-state index contributed by atoms with van der Waals surface area (Å²) in [7, 11) is 1.96. The normalized spacial score (nSPS) is 17.1. The highest BCUT2D eigenvalue weighted by Gasteiger charge is 2.20. The van der Waals surface area contributed by atoms with Gasteiger partial charge in [0, 0.05) is 44.1 Å². The molecule has 2 aromatic carbocycles. The molecule has 0 bridgehead atoms. The second-order valence-corrected chi connectivity index (χ2v) is 8.02. The number of morpholine rings is 1. The molecule has 2 N–H and O–H groups in total. The zero-order valence-corrected chi connectivity index (χ0v) is 17.8. The molecule has 0 atom stereocenters. The predicted octanol–water partition coefficient (Wildman–Crippen LogP) is 3.56. The van der Waals surface area contributed by atoms with Crippen LogP contribution in [0.2, 0.25) is 0 Å². The maximum absolute atomic E-state index is 6.24. The monoisotopic (exact) mass is 413 g/mol. The number of allylic oxidation sites excluding steroid dienone is 2. The van der Waals surface area contributed by atoms with Gasteiger partial charge >= 0.3 is 0 Å². The molecule has 158 valence electrons. The summed E-state index contributed by atoms with van der Waals surface area (Å²) in [6.45, 7) is 8.11. The lowest BCUT2D eigenvalue weighted by atomic mass is 10.1. The van der Waals surface area contributed by atoms with Crippen LogP contribution >= 0.6 is 0 Å². The van der Waals surface area contributed by atoms with Gasteiger partial charge in [0.15, 0.2) is 0 Å². The largest absolute Gasteiger partial charge is 0.397 e. The number of nitrogens with zero attached hydrogens (tertiary/aromatic N) is 4. The summed E-state index contributed by atoms with van der Waals surface area (Å²) < 4.78 is 7.81. The van der Waals surface area contributed by atoms with E-state index < -0.39 is 0 Å². The van der Waals surface area contributed by atoms with Gasteiger partial charge in [-0.15, -0.1) is 0 Å². The number of likely N-dealkylation sites (N-methyl/N-ethyl adjacent to an activating group) is 1. The molecule has 3 heterocycles. The Labute approximate surface area is 182 Å². The molecule has 0 spiro atoms. The number of ether oxygens (including phenoxy) is 1. The van der Waals surface area contributed by atoms with Crippen LogP contribution < -0.4 is 10.6 Å². The molecule has 2 aliphatic rings. The number of benzene rings is 2. The summed E-state index contributed by atoms with van der Waals surface area (Å²) >= 11 is 0. The van der Waals surface area contributed by atoms with Crippen LogP contribution in [-0.2, 0) is 11.3 Å². The van der Waals surface area contributed by atoms with Crippen LogP contribution in [-0.4, -0.2) is 47.8 Å². The van der Waals surface area contributed by atoms with Crippen molar-refractivity contribution >= 4 is 22.3 Å². The lowest BCUT2D eigenvalue weighted by molar-refractivity contribution is 0.122. The van der Waals surface area contributed by atoms with Crippen LogP contribution in [0, 0.1) is 0 Å². The van der Waals surface area contributed by atoms with E-state index in [0.29, 0.717) is 5.70 Å². The Morgan fingerprint density at radius 1 is 1.10 bits per heavy atom. The Morgan fingerprint density at radius 2 is 1.87 bits per heavy atom. The van der Waals surface area contributed by atoms with Gasteiger partial charge in [0.2, 0.25) is 0 Å². The zero-order chi connectivity index (χ0) is 21.4. The number of hydrogen-bond donors (Lipinski definition) is 1. The van der Waals surface area contributed by atoms with Crippen LogP contribution in [0.4, 0.5) is 5.69 Å². The predicted molar refractivity (Wildman–Crippen MR) is 125 cm³/mol. The maximum Gasteiger partial charge on any atom is 0.143 e. The van der Waals surface area contributed by atoms with Crippen molar-refractivity contribution in [2.24, 2.45) is 5.73 Å². The second-order valence-electron chi connectivity index (χ2n) is 8.02. The molecule has 1 saturated heterocycles. The molecule has 3 aromatic rings.